The maximum Gasteiger partial charge on any atom is -0.00131 e. The normalized spacial score (nSPS) is 16.4. The predicted molar refractivity (Wildman–Crippen MR) is 80.2 cm³/mol. The van der Waals surface area contributed by atoms with Gasteiger partial charge in [-0.05, 0) is 75.9 Å². The van der Waals surface area contributed by atoms with Gasteiger partial charge in [0.15, 0.2) is 0 Å². The predicted octanol–water partition coefficient (Wildman–Crippen LogP) is 4.40. The van der Waals surface area contributed by atoms with E-state index in [1.807, 2.05) is 0 Å². The van der Waals surface area contributed by atoms with Gasteiger partial charge in [0.2, 0.25) is 0 Å². The topological polar surface area (TPSA) is 0 Å². The van der Waals surface area contributed by atoms with Crippen LogP contribution in [-0.2, 0) is 19.3 Å². The number of fused-ring (bicyclic) bond motifs is 5. The Morgan fingerprint density at radius 1 is 0.579 bits per heavy atom. The average Bonchev–Trinajstić information content (AvgIpc) is 3.10. The van der Waals surface area contributed by atoms with Crippen LogP contribution in [-0.4, -0.2) is 0 Å². The number of rotatable bonds is 0. The lowest BCUT2D eigenvalue weighted by Crippen LogP contribution is -1.87. The molecule has 0 aromatic heterocycles. The van der Waals surface area contributed by atoms with Crippen molar-refractivity contribution in [2.75, 3.05) is 0 Å². The van der Waals surface area contributed by atoms with Gasteiger partial charge in [-0.3, -0.25) is 0 Å². The first-order valence-corrected chi connectivity index (χ1v) is 7.03. The van der Waals surface area contributed by atoms with Gasteiger partial charge in [-0.2, -0.15) is 0 Å². The molecule has 0 saturated heterocycles. The van der Waals surface area contributed by atoms with E-state index in [2.05, 4.69) is 48.6 Å². The molecule has 0 radical (unpaired) electrons. The summed E-state index contributed by atoms with van der Waals surface area (Å²) in [6, 6.07) is 9.64. The lowest BCUT2D eigenvalue weighted by molar-refractivity contribution is 1.21. The van der Waals surface area contributed by atoms with Crippen LogP contribution in [0.1, 0.15) is 33.4 Å². The average molecular weight is 242 g/mol. The molecule has 19 heavy (non-hydrogen) atoms. The molecule has 0 heteroatoms. The van der Waals surface area contributed by atoms with Gasteiger partial charge in [-0.1, -0.05) is 36.4 Å². The van der Waals surface area contributed by atoms with Gasteiger partial charge < -0.3 is 0 Å². The first-order chi connectivity index (χ1) is 9.38. The summed E-state index contributed by atoms with van der Waals surface area (Å²) in [6.07, 6.45) is 12.4. The highest BCUT2D eigenvalue weighted by Gasteiger charge is 2.22. The molecule has 0 fully saturated rings. The second kappa shape index (κ2) is 3.27. The van der Waals surface area contributed by atoms with E-state index in [1.165, 1.54) is 44.5 Å². The summed E-state index contributed by atoms with van der Waals surface area (Å²) in [5.74, 6) is 0. The third-order valence-corrected chi connectivity index (χ3v) is 4.67. The van der Waals surface area contributed by atoms with E-state index in [4.69, 9.17) is 0 Å². The van der Waals surface area contributed by atoms with Gasteiger partial charge in [0, 0.05) is 0 Å². The molecular weight excluding hydrogens is 228 g/mol. The molecule has 2 aromatic rings. The molecule has 0 unspecified atom stereocenters. The van der Waals surface area contributed by atoms with Crippen LogP contribution in [0.5, 0.6) is 0 Å². The summed E-state index contributed by atoms with van der Waals surface area (Å²) in [6.45, 7) is 0. The van der Waals surface area contributed by atoms with Gasteiger partial charge >= 0.3 is 0 Å². The van der Waals surface area contributed by atoms with E-state index in [0.717, 1.165) is 19.3 Å². The van der Waals surface area contributed by atoms with Crippen LogP contribution < -0.4 is 0 Å². The fourth-order valence-corrected chi connectivity index (χ4v) is 3.71. The van der Waals surface area contributed by atoms with Crippen molar-refractivity contribution >= 4 is 12.2 Å². The number of allylic oxidation sites excluding steroid dienone is 2. The second-order valence-corrected chi connectivity index (χ2v) is 5.81. The minimum atomic E-state index is 1.10. The first-order valence-electron chi connectivity index (χ1n) is 7.03. The molecule has 0 bridgehead atoms. The molecule has 0 spiro atoms. The van der Waals surface area contributed by atoms with Crippen LogP contribution >= 0.6 is 0 Å². The molecule has 0 saturated carbocycles. The van der Waals surface area contributed by atoms with Crippen molar-refractivity contribution in [3.63, 3.8) is 0 Å². The number of hydrogen-bond acceptors (Lipinski definition) is 0. The molecule has 0 heterocycles. The molecule has 3 aliphatic carbocycles. The van der Waals surface area contributed by atoms with Crippen LogP contribution in [0.4, 0.5) is 0 Å². The summed E-state index contributed by atoms with van der Waals surface area (Å²) in [4.78, 5) is 0. The third kappa shape index (κ3) is 1.24. The lowest BCUT2D eigenvalue weighted by Gasteiger charge is -2.07. The summed E-state index contributed by atoms with van der Waals surface area (Å²) in [7, 11) is 0. The third-order valence-electron chi connectivity index (χ3n) is 4.67. The van der Waals surface area contributed by atoms with E-state index in [0.29, 0.717) is 0 Å². The van der Waals surface area contributed by atoms with E-state index in [1.54, 1.807) is 0 Å². The molecule has 0 amide bonds. The Kier molecular flexibility index (Phi) is 1.69. The van der Waals surface area contributed by atoms with E-state index >= 15 is 0 Å². The Hall–Kier alpha value is -2.08. The summed E-state index contributed by atoms with van der Waals surface area (Å²) in [5, 5.41) is 0. The van der Waals surface area contributed by atoms with Gasteiger partial charge in [0.1, 0.15) is 0 Å². The maximum absolute atomic E-state index is 2.42. The van der Waals surface area contributed by atoms with E-state index in [9.17, 15) is 0 Å². The maximum atomic E-state index is 2.42. The highest BCUT2D eigenvalue weighted by atomic mass is 14.3. The summed E-state index contributed by atoms with van der Waals surface area (Å²) < 4.78 is 0. The minimum absolute atomic E-state index is 1.10. The van der Waals surface area contributed by atoms with Gasteiger partial charge in [-0.15, -0.1) is 0 Å². The van der Waals surface area contributed by atoms with Crippen molar-refractivity contribution in [2.24, 2.45) is 0 Å². The zero-order valence-corrected chi connectivity index (χ0v) is 10.7. The summed E-state index contributed by atoms with van der Waals surface area (Å²) >= 11 is 0. The highest BCUT2D eigenvalue weighted by molar-refractivity contribution is 5.83. The Bertz CT molecular complexity index is 788. The Balaban J connectivity index is 1.77. The van der Waals surface area contributed by atoms with Crippen molar-refractivity contribution in [2.45, 2.75) is 19.3 Å². The van der Waals surface area contributed by atoms with Crippen molar-refractivity contribution < 1.29 is 0 Å². The van der Waals surface area contributed by atoms with Crippen LogP contribution in [0.25, 0.3) is 23.3 Å². The first kappa shape index (κ1) is 9.80. The Labute approximate surface area is 113 Å². The van der Waals surface area contributed by atoms with Gasteiger partial charge in [0.25, 0.3) is 0 Å². The minimum Gasteiger partial charge on any atom is -0.0795 e. The van der Waals surface area contributed by atoms with Crippen LogP contribution in [0, 0.1) is 0 Å². The quantitative estimate of drug-likeness (QED) is 0.548. The molecule has 0 aliphatic heterocycles. The van der Waals surface area contributed by atoms with Crippen LogP contribution in [0.3, 0.4) is 0 Å². The van der Waals surface area contributed by atoms with Crippen molar-refractivity contribution in [1.82, 2.24) is 0 Å². The molecule has 3 aliphatic rings. The molecule has 0 N–H and O–H groups in total. The fraction of sp³-hybridized carbons (Fsp3) is 0.158. The molecular formula is C19H14. The number of hydrogen-bond donors (Lipinski definition) is 0. The molecule has 90 valence electrons. The highest BCUT2D eigenvalue weighted by Crippen LogP contribution is 2.41. The molecule has 0 nitrogen and oxygen atoms in total. The van der Waals surface area contributed by atoms with Crippen molar-refractivity contribution in [3.8, 4) is 11.1 Å². The molecule has 0 atom stereocenters. The zero-order valence-electron chi connectivity index (χ0n) is 10.7. The van der Waals surface area contributed by atoms with Crippen molar-refractivity contribution in [3.05, 3.63) is 69.8 Å². The molecule has 5 rings (SSSR count). The zero-order chi connectivity index (χ0) is 12.4. The Morgan fingerprint density at radius 2 is 1.21 bits per heavy atom. The van der Waals surface area contributed by atoms with Crippen LogP contribution in [0.15, 0.2) is 36.4 Å². The SMILES string of the molecule is C1=Cc2cc3c(cc2C1)Cc1cc2c(cc1-3)CC=C2. The Morgan fingerprint density at radius 3 is 2.05 bits per heavy atom. The van der Waals surface area contributed by atoms with E-state index in [-0.39, 0.29) is 0 Å². The van der Waals surface area contributed by atoms with E-state index < -0.39 is 0 Å². The number of benzene rings is 2. The monoisotopic (exact) mass is 242 g/mol. The fourth-order valence-electron chi connectivity index (χ4n) is 3.71. The van der Waals surface area contributed by atoms with Crippen molar-refractivity contribution in [1.29, 1.82) is 0 Å². The van der Waals surface area contributed by atoms with Gasteiger partial charge in [-0.25, -0.2) is 0 Å². The molecule has 2 aromatic carbocycles. The smallest absolute Gasteiger partial charge is 0.00131 e. The second-order valence-electron chi connectivity index (χ2n) is 5.81. The summed E-state index contributed by atoms with van der Waals surface area (Å²) in [5.41, 5.74) is 11.8. The lowest BCUT2D eigenvalue weighted by atomic mass is 9.97. The van der Waals surface area contributed by atoms with Crippen LogP contribution in [0.2, 0.25) is 0 Å². The standard InChI is InChI=1S/C19H14/c1-3-12-7-16-9-17-8-13-4-2-6-15(13)11-19(17)18(16)10-14(12)5-1/h1-3,6-8,10-11H,4-5,9H2. The largest absolute Gasteiger partial charge is 0.0795 e. The van der Waals surface area contributed by atoms with Gasteiger partial charge in [0.05, 0.1) is 0 Å².